The largest absolute Gasteiger partial charge is 0.462 e. The number of hydrogen-bond acceptors (Lipinski definition) is 6. The zero-order valence-electron chi connectivity index (χ0n) is 34.5. The van der Waals surface area contributed by atoms with Gasteiger partial charge in [-0.3, -0.25) is 4.55 Å². The van der Waals surface area contributed by atoms with E-state index in [2.05, 4.69) is 38.2 Å². The Morgan fingerprint density at radius 2 is 0.833 bits per heavy atom. The van der Waals surface area contributed by atoms with Crippen molar-refractivity contribution in [3.63, 3.8) is 0 Å². The third-order valence-electron chi connectivity index (χ3n) is 10.0. The van der Waals surface area contributed by atoms with Crippen molar-refractivity contribution in [2.75, 3.05) is 13.2 Å². The smallest absolute Gasteiger partial charge is 0.340 e. The van der Waals surface area contributed by atoms with Gasteiger partial charge in [-0.05, 0) is 63.5 Å². The number of allylic oxidation sites excluding steroid dienone is 4. The number of unbranched alkanes of at least 4 members (excludes halogenated alkanes) is 26. The van der Waals surface area contributed by atoms with Gasteiger partial charge in [0.25, 0.3) is 10.1 Å². The van der Waals surface area contributed by atoms with Gasteiger partial charge in [-0.15, -0.1) is 0 Å². The fourth-order valence-corrected chi connectivity index (χ4v) is 7.39. The quantitative estimate of drug-likeness (QED) is 0.0310. The van der Waals surface area contributed by atoms with Crippen LogP contribution >= 0.6 is 0 Å². The lowest BCUT2D eigenvalue weighted by atomic mass is 10.0. The van der Waals surface area contributed by atoms with Crippen molar-refractivity contribution in [2.24, 2.45) is 0 Å². The molecule has 0 saturated carbocycles. The topological polar surface area (TPSA) is 107 Å². The van der Waals surface area contributed by atoms with E-state index in [0.29, 0.717) is 19.3 Å². The van der Waals surface area contributed by atoms with Crippen molar-refractivity contribution in [1.82, 2.24) is 0 Å². The predicted molar refractivity (Wildman–Crippen MR) is 225 cm³/mol. The van der Waals surface area contributed by atoms with Gasteiger partial charge < -0.3 is 9.47 Å². The molecule has 0 aliphatic carbocycles. The number of rotatable bonds is 37. The standard InChI is InChI=1S/C46H78O7S/c1-3-5-7-9-11-13-15-17-19-21-23-25-27-29-31-33-35-40-52-45(47)42-38-37-39-43(54(49,50)51)44(42)46(48)53-41-36-34-32-30-28-26-24-22-20-18-16-14-12-10-8-6-4-2/h29-32,37-39H,3-28,33-36,40-41H2,1-2H3,(H,49,50,51)/b31-29+,32-30+. The predicted octanol–water partition coefficient (Wildman–Crippen LogP) is 14.1. The molecule has 310 valence electrons. The second-order valence-corrected chi connectivity index (χ2v) is 16.4. The summed E-state index contributed by atoms with van der Waals surface area (Å²) in [6.45, 7) is 4.70. The highest BCUT2D eigenvalue weighted by molar-refractivity contribution is 7.86. The first-order valence-corrected chi connectivity index (χ1v) is 23.5. The summed E-state index contributed by atoms with van der Waals surface area (Å²) in [4.78, 5) is 25.3. The molecule has 1 rings (SSSR count). The highest BCUT2D eigenvalue weighted by atomic mass is 32.2. The molecule has 0 fully saturated rings. The molecule has 1 aromatic rings. The molecule has 0 aliphatic heterocycles. The van der Waals surface area contributed by atoms with Crippen molar-refractivity contribution < 1.29 is 32.0 Å². The fraction of sp³-hybridized carbons (Fsp3) is 0.739. The van der Waals surface area contributed by atoms with Crippen molar-refractivity contribution >= 4 is 22.1 Å². The van der Waals surface area contributed by atoms with Gasteiger partial charge in [0.05, 0.1) is 24.3 Å². The van der Waals surface area contributed by atoms with E-state index >= 15 is 0 Å². The van der Waals surface area contributed by atoms with Gasteiger partial charge in [0.15, 0.2) is 0 Å². The van der Waals surface area contributed by atoms with Gasteiger partial charge in [-0.25, -0.2) is 9.59 Å². The normalized spacial score (nSPS) is 11.9. The summed E-state index contributed by atoms with van der Waals surface area (Å²) in [5.74, 6) is -1.80. The summed E-state index contributed by atoms with van der Waals surface area (Å²) < 4.78 is 44.7. The van der Waals surface area contributed by atoms with Gasteiger partial charge in [0, 0.05) is 0 Å². The van der Waals surface area contributed by atoms with Crippen LogP contribution in [0.25, 0.3) is 0 Å². The van der Waals surface area contributed by atoms with E-state index in [-0.39, 0.29) is 18.8 Å². The Morgan fingerprint density at radius 3 is 1.20 bits per heavy atom. The molecule has 0 unspecified atom stereocenters. The van der Waals surface area contributed by atoms with Crippen LogP contribution in [0.3, 0.4) is 0 Å². The van der Waals surface area contributed by atoms with Crippen LogP contribution in [-0.4, -0.2) is 38.1 Å². The molecular weight excluding hydrogens is 697 g/mol. The van der Waals surface area contributed by atoms with Gasteiger partial charge in [0.1, 0.15) is 4.90 Å². The first kappa shape index (κ1) is 49.6. The van der Waals surface area contributed by atoms with Crippen LogP contribution < -0.4 is 0 Å². The summed E-state index contributed by atoms with van der Waals surface area (Å²) >= 11 is 0. The SMILES string of the molecule is CCCCCCCCCCCCCC/C=C/CCCOC(=O)c1cccc(S(=O)(=O)O)c1C(=O)OCCC/C=C/CCCCCCCCCCCCCC. The van der Waals surface area contributed by atoms with E-state index in [0.717, 1.165) is 25.3 Å². The van der Waals surface area contributed by atoms with Crippen molar-refractivity contribution in [1.29, 1.82) is 0 Å². The molecule has 1 aromatic carbocycles. The second-order valence-electron chi connectivity index (χ2n) is 15.0. The molecule has 0 saturated heterocycles. The molecule has 0 bridgehead atoms. The number of carbonyl (C=O) groups is 2. The van der Waals surface area contributed by atoms with Crippen LogP contribution in [0.4, 0.5) is 0 Å². The Morgan fingerprint density at radius 1 is 0.500 bits per heavy atom. The summed E-state index contributed by atoms with van der Waals surface area (Å²) in [6.07, 6.45) is 45.2. The van der Waals surface area contributed by atoms with Crippen LogP contribution in [0.15, 0.2) is 47.4 Å². The maximum absolute atomic E-state index is 13.0. The average Bonchev–Trinajstić information content (AvgIpc) is 3.16. The van der Waals surface area contributed by atoms with Crippen molar-refractivity contribution in [3.8, 4) is 0 Å². The van der Waals surface area contributed by atoms with Crippen molar-refractivity contribution in [3.05, 3.63) is 53.6 Å². The number of esters is 2. The maximum Gasteiger partial charge on any atom is 0.340 e. The molecule has 0 spiro atoms. The summed E-state index contributed by atoms with van der Waals surface area (Å²) in [6, 6.07) is 3.71. The van der Waals surface area contributed by atoms with Gasteiger partial charge in [-0.1, -0.05) is 185 Å². The molecule has 0 amide bonds. The minimum absolute atomic E-state index is 0.0572. The molecular formula is C46H78O7S. The van der Waals surface area contributed by atoms with E-state index in [1.54, 1.807) is 0 Å². The second kappa shape index (κ2) is 35.0. The van der Waals surface area contributed by atoms with Crippen molar-refractivity contribution in [2.45, 2.75) is 211 Å². The maximum atomic E-state index is 13.0. The minimum Gasteiger partial charge on any atom is -0.462 e. The number of benzene rings is 1. The Hall–Kier alpha value is -2.45. The van der Waals surface area contributed by atoms with Crippen LogP contribution in [0, 0.1) is 0 Å². The zero-order valence-corrected chi connectivity index (χ0v) is 35.3. The third kappa shape index (κ3) is 27.2. The average molecular weight is 775 g/mol. The lowest BCUT2D eigenvalue weighted by Crippen LogP contribution is -2.19. The summed E-state index contributed by atoms with van der Waals surface area (Å²) in [5, 5.41) is 0. The Labute approximate surface area is 331 Å². The fourth-order valence-electron chi connectivity index (χ4n) is 6.69. The van der Waals surface area contributed by atoms with Crippen LogP contribution in [-0.2, 0) is 19.6 Å². The summed E-state index contributed by atoms with van der Waals surface area (Å²) in [7, 11) is -4.78. The van der Waals surface area contributed by atoms with Crippen LogP contribution in [0.5, 0.6) is 0 Å². The van der Waals surface area contributed by atoms with E-state index < -0.39 is 32.5 Å². The molecule has 0 heterocycles. The van der Waals surface area contributed by atoms with E-state index in [1.807, 2.05) is 0 Å². The lowest BCUT2D eigenvalue weighted by molar-refractivity contribution is 0.0450. The minimum atomic E-state index is -4.78. The highest BCUT2D eigenvalue weighted by Gasteiger charge is 2.28. The Balaban J connectivity index is 2.27. The van der Waals surface area contributed by atoms with E-state index in [9.17, 15) is 22.6 Å². The number of hydrogen-bond donors (Lipinski definition) is 1. The van der Waals surface area contributed by atoms with Gasteiger partial charge in [0.2, 0.25) is 0 Å². The summed E-state index contributed by atoms with van der Waals surface area (Å²) in [5.41, 5.74) is -0.727. The Bertz CT molecular complexity index is 1240. The zero-order chi connectivity index (χ0) is 39.4. The first-order chi connectivity index (χ1) is 26.3. The molecule has 0 atom stereocenters. The molecule has 0 aromatic heterocycles. The molecule has 1 N–H and O–H groups in total. The highest BCUT2D eigenvalue weighted by Crippen LogP contribution is 2.23. The molecule has 7 nitrogen and oxygen atoms in total. The molecule has 8 heteroatoms. The lowest BCUT2D eigenvalue weighted by Gasteiger charge is -2.12. The van der Waals surface area contributed by atoms with Crippen LogP contribution in [0.2, 0.25) is 0 Å². The number of ether oxygens (including phenoxy) is 2. The Kier molecular flexibility index (Phi) is 32.1. The molecule has 0 aliphatic rings. The van der Waals surface area contributed by atoms with Gasteiger partial charge >= 0.3 is 11.9 Å². The van der Waals surface area contributed by atoms with Crippen LogP contribution in [0.1, 0.15) is 227 Å². The first-order valence-electron chi connectivity index (χ1n) is 22.1. The number of carbonyl (C=O) groups excluding carboxylic acids is 2. The van der Waals surface area contributed by atoms with E-state index in [4.69, 9.17) is 9.47 Å². The van der Waals surface area contributed by atoms with Gasteiger partial charge in [-0.2, -0.15) is 8.42 Å². The third-order valence-corrected chi connectivity index (χ3v) is 10.9. The monoisotopic (exact) mass is 775 g/mol. The molecule has 0 radical (unpaired) electrons. The molecule has 54 heavy (non-hydrogen) atoms. The van der Waals surface area contributed by atoms with E-state index in [1.165, 1.54) is 166 Å².